The Kier molecular flexibility index (Phi) is 3.84. The smallest absolute Gasteiger partial charge is 0.119 e. The Hall–Kier alpha value is -2.00. The third-order valence-electron chi connectivity index (χ3n) is 4.32. The highest BCUT2D eigenvalue weighted by molar-refractivity contribution is 5.47. The number of rotatable bonds is 2. The monoisotopic (exact) mass is 282 g/mol. The fraction of sp³-hybridized carbons (Fsp3) is 0.333. The maximum atomic E-state index is 5.82. The molecule has 0 fully saturated rings. The van der Waals surface area contributed by atoms with Crippen molar-refractivity contribution in [1.82, 2.24) is 4.90 Å². The lowest BCUT2D eigenvalue weighted by Crippen LogP contribution is -2.24. The molecule has 0 aromatic heterocycles. The molecule has 1 atom stereocenters. The first-order valence-electron chi connectivity index (χ1n) is 7.38. The van der Waals surface area contributed by atoms with E-state index in [9.17, 15) is 0 Å². The van der Waals surface area contributed by atoms with Gasteiger partial charge in [-0.2, -0.15) is 0 Å². The molecule has 0 saturated carbocycles. The van der Waals surface area contributed by atoms with E-state index < -0.39 is 0 Å². The Morgan fingerprint density at radius 3 is 2.62 bits per heavy atom. The average Bonchev–Trinajstić information content (AvgIpc) is 2.67. The maximum absolute atomic E-state index is 5.82. The zero-order valence-electron chi connectivity index (χ0n) is 12.7. The van der Waals surface area contributed by atoms with Gasteiger partial charge >= 0.3 is 0 Å². The average molecular weight is 282 g/mol. The van der Waals surface area contributed by atoms with E-state index in [1.165, 1.54) is 16.7 Å². The van der Waals surface area contributed by atoms with Crippen LogP contribution in [0.2, 0.25) is 0 Å². The minimum Gasteiger partial charge on any atom is -0.497 e. The molecule has 2 aromatic rings. The van der Waals surface area contributed by atoms with Gasteiger partial charge in [-0.1, -0.05) is 18.2 Å². The van der Waals surface area contributed by atoms with Crippen molar-refractivity contribution in [2.75, 3.05) is 33.0 Å². The maximum Gasteiger partial charge on any atom is 0.119 e. The number of methoxy groups -OCH3 is 1. The second kappa shape index (κ2) is 5.78. The molecule has 3 nitrogen and oxygen atoms in total. The normalized spacial score (nSPS) is 18.9. The number of hydrogen-bond acceptors (Lipinski definition) is 3. The summed E-state index contributed by atoms with van der Waals surface area (Å²) in [5.41, 5.74) is 10.7. The summed E-state index contributed by atoms with van der Waals surface area (Å²) in [5, 5.41) is 0. The number of nitrogens with zero attached hydrogens (tertiary/aromatic N) is 1. The van der Waals surface area contributed by atoms with Gasteiger partial charge in [-0.15, -0.1) is 0 Å². The van der Waals surface area contributed by atoms with Crippen molar-refractivity contribution in [1.29, 1.82) is 0 Å². The Morgan fingerprint density at radius 1 is 1.14 bits per heavy atom. The van der Waals surface area contributed by atoms with Crippen LogP contribution in [-0.4, -0.2) is 32.1 Å². The molecule has 1 aliphatic rings. The highest BCUT2D eigenvalue weighted by Crippen LogP contribution is 2.33. The number of hydrogen-bond donors (Lipinski definition) is 1. The Labute approximate surface area is 126 Å². The van der Waals surface area contributed by atoms with Crippen molar-refractivity contribution in [2.45, 2.75) is 12.3 Å². The third kappa shape index (κ3) is 2.88. The van der Waals surface area contributed by atoms with Crippen LogP contribution in [0.3, 0.4) is 0 Å². The minimum absolute atomic E-state index is 0.364. The van der Waals surface area contributed by atoms with Crippen LogP contribution in [0.15, 0.2) is 42.5 Å². The van der Waals surface area contributed by atoms with Gasteiger partial charge < -0.3 is 15.4 Å². The van der Waals surface area contributed by atoms with Gasteiger partial charge in [-0.25, -0.2) is 0 Å². The molecule has 0 bridgehead atoms. The summed E-state index contributed by atoms with van der Waals surface area (Å²) in [6.45, 7) is 2.11. The van der Waals surface area contributed by atoms with Crippen LogP contribution < -0.4 is 10.5 Å². The number of nitrogens with two attached hydrogens (primary N) is 1. The molecule has 2 N–H and O–H groups in total. The molecule has 0 spiro atoms. The molecule has 1 aliphatic heterocycles. The SMILES string of the molecule is COc1ccc2c(c1)[C@H](c1ccc(N)cc1)CN(C)CC2. The molecule has 21 heavy (non-hydrogen) atoms. The van der Waals surface area contributed by atoms with Gasteiger partial charge in [0.15, 0.2) is 0 Å². The predicted molar refractivity (Wildman–Crippen MR) is 86.9 cm³/mol. The van der Waals surface area contributed by atoms with E-state index in [0.29, 0.717) is 5.92 Å². The van der Waals surface area contributed by atoms with E-state index in [1.807, 2.05) is 12.1 Å². The van der Waals surface area contributed by atoms with Crippen molar-refractivity contribution < 1.29 is 4.74 Å². The van der Waals surface area contributed by atoms with Crippen LogP contribution in [0, 0.1) is 0 Å². The molecule has 0 aliphatic carbocycles. The number of nitrogen functional groups attached to an aromatic ring is 1. The van der Waals surface area contributed by atoms with Crippen molar-refractivity contribution >= 4 is 5.69 Å². The number of ether oxygens (including phenoxy) is 1. The van der Waals surface area contributed by atoms with Crippen LogP contribution in [0.1, 0.15) is 22.6 Å². The molecule has 2 aromatic carbocycles. The summed E-state index contributed by atoms with van der Waals surface area (Å²) in [6.07, 6.45) is 1.08. The summed E-state index contributed by atoms with van der Waals surface area (Å²) in [5.74, 6) is 1.29. The molecule has 0 unspecified atom stereocenters. The van der Waals surface area contributed by atoms with Crippen LogP contribution in [0.25, 0.3) is 0 Å². The largest absolute Gasteiger partial charge is 0.497 e. The van der Waals surface area contributed by atoms with Gasteiger partial charge in [0.2, 0.25) is 0 Å². The molecule has 0 radical (unpaired) electrons. The second-order valence-electron chi connectivity index (χ2n) is 5.80. The van der Waals surface area contributed by atoms with E-state index in [2.05, 4.69) is 42.3 Å². The van der Waals surface area contributed by atoms with Gasteiger partial charge in [0.1, 0.15) is 5.75 Å². The molecule has 1 heterocycles. The van der Waals surface area contributed by atoms with Gasteiger partial charge in [0, 0.05) is 24.7 Å². The van der Waals surface area contributed by atoms with Crippen molar-refractivity contribution in [3.05, 3.63) is 59.2 Å². The lowest BCUT2D eigenvalue weighted by Gasteiger charge is -2.22. The van der Waals surface area contributed by atoms with Gasteiger partial charge in [0.05, 0.1) is 7.11 Å². The molecular weight excluding hydrogens is 260 g/mol. The zero-order valence-corrected chi connectivity index (χ0v) is 12.7. The lowest BCUT2D eigenvalue weighted by atomic mass is 9.88. The fourth-order valence-electron chi connectivity index (χ4n) is 3.08. The van der Waals surface area contributed by atoms with Crippen LogP contribution in [0.4, 0.5) is 5.69 Å². The second-order valence-corrected chi connectivity index (χ2v) is 5.80. The van der Waals surface area contributed by atoms with Crippen LogP contribution in [0.5, 0.6) is 5.75 Å². The summed E-state index contributed by atoms with van der Waals surface area (Å²) < 4.78 is 5.42. The van der Waals surface area contributed by atoms with E-state index >= 15 is 0 Å². The van der Waals surface area contributed by atoms with Crippen LogP contribution in [-0.2, 0) is 6.42 Å². The summed E-state index contributed by atoms with van der Waals surface area (Å²) >= 11 is 0. The zero-order chi connectivity index (χ0) is 14.8. The minimum atomic E-state index is 0.364. The number of likely N-dealkylation sites (N-methyl/N-ethyl adjacent to an activating group) is 1. The molecule has 0 saturated heterocycles. The first-order chi connectivity index (χ1) is 10.2. The first kappa shape index (κ1) is 14.0. The van der Waals surface area contributed by atoms with Gasteiger partial charge in [-0.05, 0) is 54.4 Å². The van der Waals surface area contributed by atoms with Crippen LogP contribution >= 0.6 is 0 Å². The van der Waals surface area contributed by atoms with E-state index in [1.54, 1.807) is 7.11 Å². The van der Waals surface area contributed by atoms with E-state index in [-0.39, 0.29) is 0 Å². The topological polar surface area (TPSA) is 38.5 Å². The molecule has 3 heteroatoms. The standard InChI is InChI=1S/C18H22N2O/c1-20-10-9-14-5-8-16(21-2)11-17(14)18(12-20)13-3-6-15(19)7-4-13/h3-8,11,18H,9-10,12,19H2,1-2H3/t18-/m0/s1. The van der Waals surface area contributed by atoms with Gasteiger partial charge in [0.25, 0.3) is 0 Å². The molecule has 0 amide bonds. The number of anilines is 1. The highest BCUT2D eigenvalue weighted by atomic mass is 16.5. The van der Waals surface area contributed by atoms with Crippen molar-refractivity contribution in [3.8, 4) is 5.75 Å². The first-order valence-corrected chi connectivity index (χ1v) is 7.38. The summed E-state index contributed by atoms with van der Waals surface area (Å²) in [6, 6.07) is 14.7. The Balaban J connectivity index is 2.07. The lowest BCUT2D eigenvalue weighted by molar-refractivity contribution is 0.338. The Morgan fingerprint density at radius 2 is 1.90 bits per heavy atom. The molecule has 3 rings (SSSR count). The quantitative estimate of drug-likeness (QED) is 0.861. The van der Waals surface area contributed by atoms with E-state index in [0.717, 1.165) is 30.9 Å². The summed E-state index contributed by atoms with van der Waals surface area (Å²) in [4.78, 5) is 2.40. The number of fused-ring (bicyclic) bond motifs is 1. The number of benzene rings is 2. The molecular formula is C18H22N2O. The highest BCUT2D eigenvalue weighted by Gasteiger charge is 2.23. The third-order valence-corrected chi connectivity index (χ3v) is 4.32. The van der Waals surface area contributed by atoms with Crippen molar-refractivity contribution in [3.63, 3.8) is 0 Å². The fourth-order valence-corrected chi connectivity index (χ4v) is 3.08. The van der Waals surface area contributed by atoms with Crippen molar-refractivity contribution in [2.24, 2.45) is 0 Å². The Bertz CT molecular complexity index is 622. The summed E-state index contributed by atoms with van der Waals surface area (Å²) in [7, 11) is 3.91. The van der Waals surface area contributed by atoms with E-state index in [4.69, 9.17) is 10.5 Å². The predicted octanol–water partition coefficient (Wildman–Crippen LogP) is 2.90. The van der Waals surface area contributed by atoms with Gasteiger partial charge in [-0.3, -0.25) is 0 Å². The molecule has 110 valence electrons.